The van der Waals surface area contributed by atoms with E-state index in [1.54, 1.807) is 0 Å². The fraction of sp³-hybridized carbons (Fsp3) is 0.684. The Morgan fingerprint density at radius 1 is 1.10 bits per heavy atom. The van der Waals surface area contributed by atoms with Crippen LogP contribution >= 0.6 is 0 Å². The minimum absolute atomic E-state index is 0.570. The molecule has 0 bridgehead atoms. The third-order valence-corrected chi connectivity index (χ3v) is 4.47. The second-order valence-corrected chi connectivity index (χ2v) is 6.49. The van der Waals surface area contributed by atoms with Crippen LogP contribution < -0.4 is 10.2 Å². The zero-order valence-electron chi connectivity index (χ0n) is 13.9. The van der Waals surface area contributed by atoms with Crippen molar-refractivity contribution < 1.29 is 0 Å². The summed E-state index contributed by atoms with van der Waals surface area (Å²) in [7, 11) is 0. The Balaban J connectivity index is 1.75. The summed E-state index contributed by atoms with van der Waals surface area (Å²) in [4.78, 5) is 2.50. The molecule has 2 rings (SSSR count). The molecule has 0 spiro atoms. The molecule has 2 heteroatoms. The SMILES string of the molecule is CCCCCCCC(C)Nc1cccc(N2CCCC2)c1. The van der Waals surface area contributed by atoms with E-state index in [9.17, 15) is 0 Å². The van der Waals surface area contributed by atoms with Gasteiger partial charge in [-0.05, 0) is 44.4 Å². The summed E-state index contributed by atoms with van der Waals surface area (Å²) < 4.78 is 0. The Bertz CT molecular complexity index is 396. The molecule has 1 fully saturated rings. The van der Waals surface area contributed by atoms with Gasteiger partial charge in [-0.2, -0.15) is 0 Å². The summed E-state index contributed by atoms with van der Waals surface area (Å²) in [6.45, 7) is 7.02. The first-order valence-corrected chi connectivity index (χ1v) is 8.91. The smallest absolute Gasteiger partial charge is 0.0386 e. The predicted molar refractivity (Wildman–Crippen MR) is 94.3 cm³/mol. The van der Waals surface area contributed by atoms with Gasteiger partial charge in [0.2, 0.25) is 0 Å². The molecule has 1 aliphatic rings. The van der Waals surface area contributed by atoms with Crippen molar-refractivity contribution in [3.63, 3.8) is 0 Å². The standard InChI is InChI=1S/C19H32N2/c1-3-4-5-6-7-11-17(2)20-18-12-10-13-19(16-18)21-14-8-9-15-21/h10,12-13,16-17,20H,3-9,11,14-15H2,1-2H3. The predicted octanol–water partition coefficient (Wildman–Crippen LogP) is 5.45. The fourth-order valence-corrected chi connectivity index (χ4v) is 3.18. The van der Waals surface area contributed by atoms with Crippen molar-refractivity contribution >= 4 is 11.4 Å². The summed E-state index contributed by atoms with van der Waals surface area (Å²) in [5.41, 5.74) is 2.66. The Labute approximate surface area is 130 Å². The zero-order chi connectivity index (χ0) is 14.9. The Morgan fingerprint density at radius 2 is 1.86 bits per heavy atom. The van der Waals surface area contributed by atoms with Gasteiger partial charge in [0.05, 0.1) is 0 Å². The van der Waals surface area contributed by atoms with Crippen LogP contribution in [0, 0.1) is 0 Å². The lowest BCUT2D eigenvalue weighted by Crippen LogP contribution is -2.18. The van der Waals surface area contributed by atoms with Crippen molar-refractivity contribution in [1.29, 1.82) is 0 Å². The number of hydrogen-bond acceptors (Lipinski definition) is 2. The Kier molecular flexibility index (Phi) is 6.91. The van der Waals surface area contributed by atoms with Crippen LogP contribution in [-0.4, -0.2) is 19.1 Å². The average Bonchev–Trinajstić information content (AvgIpc) is 3.01. The number of hydrogen-bond donors (Lipinski definition) is 1. The number of nitrogens with one attached hydrogen (secondary N) is 1. The molecule has 2 nitrogen and oxygen atoms in total. The largest absolute Gasteiger partial charge is 0.383 e. The maximum absolute atomic E-state index is 3.67. The second kappa shape index (κ2) is 8.96. The summed E-state index contributed by atoms with van der Waals surface area (Å²) in [6, 6.07) is 9.52. The summed E-state index contributed by atoms with van der Waals surface area (Å²) in [5.74, 6) is 0. The normalized spacial score (nSPS) is 16.2. The molecule has 1 N–H and O–H groups in total. The van der Waals surface area contributed by atoms with Crippen molar-refractivity contribution in [1.82, 2.24) is 0 Å². The van der Waals surface area contributed by atoms with E-state index in [-0.39, 0.29) is 0 Å². The van der Waals surface area contributed by atoms with E-state index in [2.05, 4.69) is 48.3 Å². The monoisotopic (exact) mass is 288 g/mol. The highest BCUT2D eigenvalue weighted by atomic mass is 15.1. The molecule has 0 amide bonds. The first-order valence-electron chi connectivity index (χ1n) is 8.91. The first kappa shape index (κ1) is 16.2. The third kappa shape index (κ3) is 5.61. The molecular weight excluding hydrogens is 256 g/mol. The molecule has 1 unspecified atom stereocenters. The first-order chi connectivity index (χ1) is 10.3. The molecule has 1 atom stereocenters. The van der Waals surface area contributed by atoms with Gasteiger partial charge in [0.15, 0.2) is 0 Å². The van der Waals surface area contributed by atoms with Crippen LogP contribution in [0.1, 0.15) is 65.2 Å². The van der Waals surface area contributed by atoms with Crippen LogP contribution in [0.3, 0.4) is 0 Å². The molecule has 0 saturated carbocycles. The second-order valence-electron chi connectivity index (χ2n) is 6.49. The molecule has 118 valence electrons. The van der Waals surface area contributed by atoms with Gasteiger partial charge in [-0.25, -0.2) is 0 Å². The van der Waals surface area contributed by atoms with Crippen LogP contribution in [0.25, 0.3) is 0 Å². The van der Waals surface area contributed by atoms with Crippen LogP contribution in [0.5, 0.6) is 0 Å². The van der Waals surface area contributed by atoms with Gasteiger partial charge in [0.1, 0.15) is 0 Å². The van der Waals surface area contributed by atoms with Gasteiger partial charge in [0.25, 0.3) is 0 Å². The van der Waals surface area contributed by atoms with E-state index in [0.29, 0.717) is 6.04 Å². The molecular formula is C19H32N2. The zero-order valence-corrected chi connectivity index (χ0v) is 13.9. The number of anilines is 2. The number of benzene rings is 1. The van der Waals surface area contributed by atoms with Crippen LogP contribution in [0.15, 0.2) is 24.3 Å². The van der Waals surface area contributed by atoms with E-state index in [0.717, 1.165) is 0 Å². The van der Waals surface area contributed by atoms with Crippen molar-refractivity contribution in [2.24, 2.45) is 0 Å². The van der Waals surface area contributed by atoms with E-state index in [4.69, 9.17) is 0 Å². The van der Waals surface area contributed by atoms with Gasteiger partial charge < -0.3 is 10.2 Å². The highest BCUT2D eigenvalue weighted by Crippen LogP contribution is 2.24. The van der Waals surface area contributed by atoms with Crippen LogP contribution in [-0.2, 0) is 0 Å². The minimum atomic E-state index is 0.570. The van der Waals surface area contributed by atoms with Crippen molar-refractivity contribution in [3.8, 4) is 0 Å². The van der Waals surface area contributed by atoms with Crippen LogP contribution in [0.2, 0.25) is 0 Å². The van der Waals surface area contributed by atoms with E-state index in [1.165, 1.54) is 75.8 Å². The lowest BCUT2D eigenvalue weighted by Gasteiger charge is -2.20. The lowest BCUT2D eigenvalue weighted by atomic mass is 10.1. The number of rotatable bonds is 9. The highest BCUT2D eigenvalue weighted by molar-refractivity contribution is 5.58. The van der Waals surface area contributed by atoms with Gasteiger partial charge in [0, 0.05) is 30.5 Å². The van der Waals surface area contributed by atoms with Gasteiger partial charge in [-0.3, -0.25) is 0 Å². The topological polar surface area (TPSA) is 15.3 Å². The summed E-state index contributed by atoms with van der Waals surface area (Å²) in [6.07, 6.45) is 10.8. The Morgan fingerprint density at radius 3 is 2.62 bits per heavy atom. The molecule has 1 aromatic rings. The molecule has 0 radical (unpaired) electrons. The molecule has 21 heavy (non-hydrogen) atoms. The number of nitrogens with zero attached hydrogens (tertiary/aromatic N) is 1. The van der Waals surface area contributed by atoms with Crippen molar-refractivity contribution in [2.75, 3.05) is 23.3 Å². The van der Waals surface area contributed by atoms with Gasteiger partial charge >= 0.3 is 0 Å². The maximum Gasteiger partial charge on any atom is 0.0386 e. The quantitative estimate of drug-likeness (QED) is 0.608. The lowest BCUT2D eigenvalue weighted by molar-refractivity contribution is 0.578. The van der Waals surface area contributed by atoms with E-state index in [1.807, 2.05) is 0 Å². The van der Waals surface area contributed by atoms with Crippen molar-refractivity contribution in [3.05, 3.63) is 24.3 Å². The van der Waals surface area contributed by atoms with Crippen LogP contribution in [0.4, 0.5) is 11.4 Å². The van der Waals surface area contributed by atoms with Gasteiger partial charge in [-0.1, -0.05) is 45.1 Å². The van der Waals surface area contributed by atoms with E-state index < -0.39 is 0 Å². The Hall–Kier alpha value is -1.18. The molecule has 0 aromatic heterocycles. The summed E-state index contributed by atoms with van der Waals surface area (Å²) in [5, 5.41) is 3.67. The fourth-order valence-electron chi connectivity index (χ4n) is 3.18. The minimum Gasteiger partial charge on any atom is -0.383 e. The number of unbranched alkanes of at least 4 members (excludes halogenated alkanes) is 4. The summed E-state index contributed by atoms with van der Waals surface area (Å²) >= 11 is 0. The molecule has 0 aliphatic carbocycles. The maximum atomic E-state index is 3.67. The van der Waals surface area contributed by atoms with Crippen molar-refractivity contribution in [2.45, 2.75) is 71.3 Å². The average molecular weight is 288 g/mol. The molecule has 1 aliphatic heterocycles. The third-order valence-electron chi connectivity index (χ3n) is 4.47. The van der Waals surface area contributed by atoms with E-state index >= 15 is 0 Å². The highest BCUT2D eigenvalue weighted by Gasteiger charge is 2.12. The molecule has 1 heterocycles. The molecule has 1 saturated heterocycles. The van der Waals surface area contributed by atoms with Gasteiger partial charge in [-0.15, -0.1) is 0 Å². The molecule has 1 aromatic carbocycles.